The fraction of sp³-hybridized carbons (Fsp3) is 0.500. The van der Waals surface area contributed by atoms with Crippen LogP contribution in [0.15, 0.2) is 35.4 Å². The van der Waals surface area contributed by atoms with E-state index < -0.39 is 10.0 Å². The highest BCUT2D eigenvalue weighted by Gasteiger charge is 2.42. The number of carbonyl (C=O) groups excluding carboxylic acids is 2. The molecule has 2 fully saturated rings. The molecule has 0 bridgehead atoms. The van der Waals surface area contributed by atoms with Gasteiger partial charge in [0.1, 0.15) is 5.69 Å². The number of thioether (sulfide) groups is 1. The second-order valence-electron chi connectivity index (χ2n) is 8.24. The predicted molar refractivity (Wildman–Crippen MR) is 123 cm³/mol. The van der Waals surface area contributed by atoms with Crippen LogP contribution in [0.25, 0.3) is 0 Å². The van der Waals surface area contributed by atoms with E-state index in [-0.39, 0.29) is 28.9 Å². The topological polar surface area (TPSA) is 161 Å². The van der Waals surface area contributed by atoms with Crippen molar-refractivity contribution in [3.63, 3.8) is 0 Å². The number of aromatic nitrogens is 3. The average Bonchev–Trinajstić information content (AvgIpc) is 3.46. The van der Waals surface area contributed by atoms with Crippen LogP contribution >= 0.6 is 11.8 Å². The summed E-state index contributed by atoms with van der Waals surface area (Å²) < 4.78 is 24.3. The SMILES string of the molecule is NS(=O)(=O)c1ccc(Cn2cc(CNC(=O)CCCC[C@@H]3SC[C@@H]4NC(=O)N[C@@H]43)nn2)cc1. The van der Waals surface area contributed by atoms with Gasteiger partial charge in [0.05, 0.1) is 36.3 Å². The summed E-state index contributed by atoms with van der Waals surface area (Å²) >= 11 is 1.88. The molecule has 2 aliphatic heterocycles. The van der Waals surface area contributed by atoms with E-state index in [9.17, 15) is 18.0 Å². The number of amides is 3. The van der Waals surface area contributed by atoms with Crippen molar-refractivity contribution >= 4 is 33.7 Å². The number of nitrogens with zero attached hydrogens (tertiary/aromatic N) is 3. The number of sulfonamides is 1. The Kier molecular flexibility index (Phi) is 7.20. The molecule has 11 nitrogen and oxygen atoms in total. The highest BCUT2D eigenvalue weighted by Crippen LogP contribution is 2.33. The van der Waals surface area contributed by atoms with Gasteiger partial charge in [-0.2, -0.15) is 11.8 Å². The molecule has 0 unspecified atom stereocenters. The van der Waals surface area contributed by atoms with Crippen LogP contribution in [0.2, 0.25) is 0 Å². The summed E-state index contributed by atoms with van der Waals surface area (Å²) in [5.74, 6) is 0.909. The second-order valence-corrected chi connectivity index (χ2v) is 11.1. The minimum atomic E-state index is -3.72. The number of nitrogens with two attached hydrogens (primary N) is 1. The zero-order valence-corrected chi connectivity index (χ0v) is 19.6. The third-order valence-electron chi connectivity index (χ3n) is 5.73. The van der Waals surface area contributed by atoms with Crippen molar-refractivity contribution in [2.45, 2.75) is 61.0 Å². The molecule has 1 aromatic heterocycles. The van der Waals surface area contributed by atoms with Gasteiger partial charge in [0.2, 0.25) is 15.9 Å². The van der Waals surface area contributed by atoms with Gasteiger partial charge in [-0.1, -0.05) is 23.8 Å². The Morgan fingerprint density at radius 3 is 2.79 bits per heavy atom. The van der Waals surface area contributed by atoms with E-state index in [4.69, 9.17) is 5.14 Å². The van der Waals surface area contributed by atoms with E-state index >= 15 is 0 Å². The zero-order valence-electron chi connectivity index (χ0n) is 17.9. The Morgan fingerprint density at radius 2 is 2.03 bits per heavy atom. The number of rotatable bonds is 10. The lowest BCUT2D eigenvalue weighted by Gasteiger charge is -2.16. The quantitative estimate of drug-likeness (QED) is 0.274. The fourth-order valence-corrected chi connectivity index (χ4v) is 6.08. The minimum Gasteiger partial charge on any atom is -0.350 e. The molecular formula is C20H27N7O4S2. The van der Waals surface area contributed by atoms with Crippen molar-refractivity contribution in [3.05, 3.63) is 41.7 Å². The zero-order chi connectivity index (χ0) is 23.4. The Balaban J connectivity index is 1.14. The van der Waals surface area contributed by atoms with Crippen molar-refractivity contribution in [2.24, 2.45) is 5.14 Å². The number of fused-ring (bicyclic) bond motifs is 1. The number of primary sulfonamides is 1. The van der Waals surface area contributed by atoms with Crippen LogP contribution in [0.3, 0.4) is 0 Å². The average molecular weight is 494 g/mol. The number of hydrogen-bond acceptors (Lipinski definition) is 7. The van der Waals surface area contributed by atoms with Crippen molar-refractivity contribution in [2.75, 3.05) is 5.75 Å². The Hall–Kier alpha value is -2.64. The van der Waals surface area contributed by atoms with Crippen LogP contribution in [-0.2, 0) is 27.9 Å². The molecule has 3 heterocycles. The molecule has 2 aromatic rings. The fourth-order valence-electron chi connectivity index (χ4n) is 4.02. The van der Waals surface area contributed by atoms with Gasteiger partial charge < -0.3 is 16.0 Å². The van der Waals surface area contributed by atoms with E-state index in [1.54, 1.807) is 23.0 Å². The molecule has 5 N–H and O–H groups in total. The first-order valence-electron chi connectivity index (χ1n) is 10.7. The summed E-state index contributed by atoms with van der Waals surface area (Å²) in [6.45, 7) is 0.714. The molecule has 0 aliphatic carbocycles. The lowest BCUT2D eigenvalue weighted by Crippen LogP contribution is -2.36. The van der Waals surface area contributed by atoms with Crippen LogP contribution in [0.5, 0.6) is 0 Å². The molecule has 3 atom stereocenters. The van der Waals surface area contributed by atoms with E-state index in [0.29, 0.717) is 30.5 Å². The van der Waals surface area contributed by atoms with E-state index in [1.165, 1.54) is 12.1 Å². The molecule has 0 spiro atoms. The number of hydrogen-bond donors (Lipinski definition) is 4. The third kappa shape index (κ3) is 6.24. The number of benzene rings is 1. The minimum absolute atomic E-state index is 0.0316. The summed E-state index contributed by atoms with van der Waals surface area (Å²) in [7, 11) is -3.72. The van der Waals surface area contributed by atoms with Gasteiger partial charge >= 0.3 is 6.03 Å². The molecule has 3 amide bonds. The van der Waals surface area contributed by atoms with Crippen LogP contribution in [-0.4, -0.2) is 58.4 Å². The van der Waals surface area contributed by atoms with Gasteiger partial charge in [0, 0.05) is 17.4 Å². The predicted octanol–water partition coefficient (Wildman–Crippen LogP) is 0.316. The molecular weight excluding hydrogens is 466 g/mol. The van der Waals surface area contributed by atoms with Gasteiger partial charge in [-0.05, 0) is 30.5 Å². The largest absolute Gasteiger partial charge is 0.350 e. The van der Waals surface area contributed by atoms with Gasteiger partial charge in [0.15, 0.2) is 0 Å². The second kappa shape index (κ2) is 10.1. The summed E-state index contributed by atoms with van der Waals surface area (Å²) in [5.41, 5.74) is 1.49. The Morgan fingerprint density at radius 1 is 1.24 bits per heavy atom. The van der Waals surface area contributed by atoms with Crippen molar-refractivity contribution in [3.8, 4) is 0 Å². The van der Waals surface area contributed by atoms with Gasteiger partial charge in [0.25, 0.3) is 0 Å². The van der Waals surface area contributed by atoms with Crippen molar-refractivity contribution in [1.82, 2.24) is 30.9 Å². The van der Waals surface area contributed by atoms with Crippen LogP contribution < -0.4 is 21.1 Å². The highest BCUT2D eigenvalue weighted by molar-refractivity contribution is 8.00. The maximum atomic E-state index is 12.2. The molecule has 1 aromatic carbocycles. The number of nitrogens with one attached hydrogen (secondary N) is 3. The first kappa shape index (κ1) is 23.5. The molecule has 2 aliphatic rings. The summed E-state index contributed by atoms with van der Waals surface area (Å²) in [4.78, 5) is 23.6. The van der Waals surface area contributed by atoms with E-state index in [2.05, 4.69) is 26.3 Å². The smallest absolute Gasteiger partial charge is 0.315 e. The summed E-state index contributed by atoms with van der Waals surface area (Å²) in [5, 5.41) is 22.4. The lowest BCUT2D eigenvalue weighted by atomic mass is 10.0. The Bertz CT molecular complexity index is 1100. The number of urea groups is 1. The molecule has 178 valence electrons. The van der Waals surface area contributed by atoms with Crippen LogP contribution in [0, 0.1) is 0 Å². The third-order valence-corrected chi connectivity index (χ3v) is 8.17. The molecule has 33 heavy (non-hydrogen) atoms. The standard InChI is InChI=1S/C20H27N7O4S2/c21-33(30,31)15-7-5-13(6-8-15)10-27-11-14(25-26-27)9-22-18(28)4-2-1-3-17-19-16(12-32-17)23-20(29)24-19/h5-8,11,16-17,19H,1-4,9-10,12H2,(H,22,28)(H2,21,30,31)(H2,23,24,29)/t16-,17-,19-/m0/s1. The normalized spacial score (nSPS) is 22.0. The maximum Gasteiger partial charge on any atom is 0.315 e. The Labute approximate surface area is 196 Å². The number of unbranched alkanes of at least 4 members (excludes halogenated alkanes) is 1. The van der Waals surface area contributed by atoms with E-state index in [1.807, 2.05) is 11.8 Å². The van der Waals surface area contributed by atoms with Crippen LogP contribution in [0.1, 0.15) is 36.9 Å². The highest BCUT2D eigenvalue weighted by atomic mass is 32.2. The first-order valence-corrected chi connectivity index (χ1v) is 13.3. The summed E-state index contributed by atoms with van der Waals surface area (Å²) in [6, 6.07) is 6.59. The maximum absolute atomic E-state index is 12.2. The molecule has 13 heteroatoms. The van der Waals surface area contributed by atoms with Crippen molar-refractivity contribution < 1.29 is 18.0 Å². The van der Waals surface area contributed by atoms with Crippen molar-refractivity contribution in [1.29, 1.82) is 0 Å². The molecule has 4 rings (SSSR count). The van der Waals surface area contributed by atoms with Gasteiger partial charge in [-0.3, -0.25) is 4.79 Å². The summed E-state index contributed by atoms with van der Waals surface area (Å²) in [6.07, 6.45) is 4.90. The van der Waals surface area contributed by atoms with Gasteiger partial charge in [-0.25, -0.2) is 23.0 Å². The monoisotopic (exact) mass is 493 g/mol. The van der Waals surface area contributed by atoms with Crippen LogP contribution in [0.4, 0.5) is 4.79 Å². The molecule has 0 saturated carbocycles. The molecule has 2 saturated heterocycles. The first-order chi connectivity index (χ1) is 15.8. The lowest BCUT2D eigenvalue weighted by molar-refractivity contribution is -0.121. The number of carbonyl (C=O) groups is 2. The van der Waals surface area contributed by atoms with Gasteiger partial charge in [-0.15, -0.1) is 5.10 Å². The molecule has 0 radical (unpaired) electrons. The van der Waals surface area contributed by atoms with E-state index in [0.717, 1.165) is 30.6 Å².